The predicted octanol–water partition coefficient (Wildman–Crippen LogP) is 9.47. The van der Waals surface area contributed by atoms with E-state index in [1.807, 2.05) is 73.0 Å². The number of halogens is 4. The molecule has 17 heteroatoms. The van der Waals surface area contributed by atoms with Crippen LogP contribution in [0.15, 0.2) is 117 Å². The van der Waals surface area contributed by atoms with E-state index in [0.717, 1.165) is 49.3 Å². The number of carbonyl (C=O) groups is 1. The first-order valence-electron chi connectivity index (χ1n) is 20.1. The highest BCUT2D eigenvalue weighted by atomic mass is 35.5. The topological polar surface area (TPSA) is 137 Å². The van der Waals surface area contributed by atoms with E-state index in [1.54, 1.807) is 12.1 Å². The fourth-order valence-electron chi connectivity index (χ4n) is 6.74. The minimum absolute atomic E-state index is 0.0335. The highest BCUT2D eigenvalue weighted by molar-refractivity contribution is 7.99. The van der Waals surface area contributed by atoms with E-state index in [4.69, 9.17) is 11.6 Å². The van der Waals surface area contributed by atoms with Crippen LogP contribution in [0, 0.1) is 0 Å². The van der Waals surface area contributed by atoms with Crippen molar-refractivity contribution in [2.75, 3.05) is 49.6 Å². The second kappa shape index (κ2) is 21.8. The summed E-state index contributed by atoms with van der Waals surface area (Å²) in [6.07, 6.45) is 5.97. The summed E-state index contributed by atoms with van der Waals surface area (Å²) in [4.78, 5) is 14.0. The van der Waals surface area contributed by atoms with Gasteiger partial charge in [-0.1, -0.05) is 53.9 Å². The molecule has 1 atom stereocenters. The first-order valence-corrected chi connectivity index (χ1v) is 24.5. The molecule has 0 fully saturated rings. The Morgan fingerprint density at radius 3 is 2.23 bits per heavy atom. The minimum atomic E-state index is -6.04. The number of hydrogen-bond donors (Lipinski definition) is 4. The fraction of sp³-hybridized carbons (Fsp3) is 0.386. The van der Waals surface area contributed by atoms with E-state index in [0.29, 0.717) is 48.6 Å². The number of sulfonamides is 1. The van der Waals surface area contributed by atoms with Crippen molar-refractivity contribution in [3.05, 3.63) is 119 Å². The maximum Gasteiger partial charge on any atom is 0.501 e. The zero-order valence-corrected chi connectivity index (χ0v) is 37.6. The summed E-state index contributed by atoms with van der Waals surface area (Å²) in [6.45, 7) is 6.51. The van der Waals surface area contributed by atoms with Crippen LogP contribution in [0.1, 0.15) is 68.3 Å². The van der Waals surface area contributed by atoms with Gasteiger partial charge in [0.1, 0.15) is 4.90 Å². The molecule has 0 aliphatic heterocycles. The second-order valence-electron chi connectivity index (χ2n) is 15.2. The first kappa shape index (κ1) is 48.0. The molecule has 0 saturated heterocycles. The number of amides is 1. The van der Waals surface area contributed by atoms with Crippen LogP contribution in [-0.2, 0) is 19.9 Å². The third kappa shape index (κ3) is 13.7. The maximum absolute atomic E-state index is 14.1. The molecule has 0 radical (unpaired) electrons. The van der Waals surface area contributed by atoms with Crippen LogP contribution in [0.3, 0.4) is 0 Å². The molecule has 0 heterocycles. The Morgan fingerprint density at radius 1 is 0.869 bits per heavy atom. The summed E-state index contributed by atoms with van der Waals surface area (Å²) >= 11 is 7.56. The van der Waals surface area contributed by atoms with Crippen molar-refractivity contribution in [3.8, 4) is 0 Å². The molecular formula is C44H53ClF3N5O5S3. The van der Waals surface area contributed by atoms with E-state index in [1.165, 1.54) is 47.0 Å². The van der Waals surface area contributed by atoms with Gasteiger partial charge in [0.05, 0.1) is 10.6 Å². The molecule has 61 heavy (non-hydrogen) atoms. The van der Waals surface area contributed by atoms with Crippen LogP contribution >= 0.6 is 23.4 Å². The summed E-state index contributed by atoms with van der Waals surface area (Å²) in [7, 11) is -8.97. The van der Waals surface area contributed by atoms with Crippen LogP contribution in [0.4, 0.5) is 24.5 Å². The van der Waals surface area contributed by atoms with Crippen LogP contribution in [0.25, 0.3) is 5.57 Å². The summed E-state index contributed by atoms with van der Waals surface area (Å²) < 4.78 is 96.8. The number of carbonyl (C=O) groups excluding carboxylic acids is 1. The number of alkyl halides is 3. The summed E-state index contributed by atoms with van der Waals surface area (Å²) in [5.41, 5.74) is -1.55. The molecule has 0 bridgehead atoms. The Bertz CT molecular complexity index is 2330. The molecule has 330 valence electrons. The van der Waals surface area contributed by atoms with Gasteiger partial charge in [0.25, 0.3) is 25.8 Å². The van der Waals surface area contributed by atoms with Gasteiger partial charge in [-0.15, -0.1) is 11.8 Å². The lowest BCUT2D eigenvalue weighted by Crippen LogP contribution is -2.34. The number of thioether (sulfide) groups is 1. The Kier molecular flexibility index (Phi) is 17.2. The highest BCUT2D eigenvalue weighted by Crippen LogP contribution is 2.37. The van der Waals surface area contributed by atoms with E-state index in [-0.39, 0.29) is 11.6 Å². The van der Waals surface area contributed by atoms with Crippen molar-refractivity contribution in [2.45, 2.75) is 84.7 Å². The Morgan fingerprint density at radius 2 is 1.56 bits per heavy atom. The van der Waals surface area contributed by atoms with Gasteiger partial charge in [-0.3, -0.25) is 4.79 Å². The van der Waals surface area contributed by atoms with Gasteiger partial charge in [-0.25, -0.2) is 21.6 Å². The fourth-order valence-corrected chi connectivity index (χ4v) is 9.88. The van der Waals surface area contributed by atoms with Gasteiger partial charge in [0.15, 0.2) is 0 Å². The molecule has 0 saturated carbocycles. The molecule has 1 aliphatic rings. The standard InChI is InChI=1S/C44H53ClF3N5O5S3/c1-31(2)53(3)27-24-37(30-59-38-11-7-5-8-12-38)51-41-23-22-39(28-42(41)60(55,56)44(46,47)48)61(57,58)52-43(54)33-16-20-36(21-17-33)50-26-25-49-29-34-10-6-4-9-13-40(34)32-14-18-35(45)19-15-32/h5,7-8,11-12,14-23,28,31,37,49-51H,4,6,9-10,13,24-27,29-30H2,1-3H3,(H,52,54)/t37-/m1/s1. The third-order valence-corrected chi connectivity index (χ3v) is 14.8. The van der Waals surface area contributed by atoms with Gasteiger partial charge in [0.2, 0.25) is 0 Å². The second-order valence-corrected chi connectivity index (χ2v) is 20.3. The van der Waals surface area contributed by atoms with E-state index in [9.17, 15) is 34.8 Å². The molecule has 10 nitrogen and oxygen atoms in total. The van der Waals surface area contributed by atoms with Crippen molar-refractivity contribution in [2.24, 2.45) is 0 Å². The molecule has 1 aliphatic carbocycles. The summed E-state index contributed by atoms with van der Waals surface area (Å²) in [5, 5.41) is 10.4. The lowest BCUT2D eigenvalue weighted by Gasteiger charge is -2.26. The van der Waals surface area contributed by atoms with Crippen LogP contribution in [0.5, 0.6) is 0 Å². The van der Waals surface area contributed by atoms with Crippen LogP contribution in [-0.4, -0.2) is 84.2 Å². The SMILES string of the molecule is CC(C)N(C)CC[C@H](CSc1ccccc1)Nc1ccc(S(=O)(=O)NC(=O)c2ccc(NCCNCC3=C(c4ccc(Cl)cc4)CCCCC3)cc2)cc1S(=O)(=O)C(F)(F)F. The molecule has 1 amide bonds. The third-order valence-electron chi connectivity index (χ3n) is 10.5. The Labute approximate surface area is 367 Å². The largest absolute Gasteiger partial charge is 0.501 e. The molecule has 4 aromatic carbocycles. The average molecular weight is 921 g/mol. The lowest BCUT2D eigenvalue weighted by atomic mass is 9.96. The number of anilines is 2. The Hall–Kier alpha value is -4.06. The van der Waals surface area contributed by atoms with Crippen molar-refractivity contribution >= 4 is 66.1 Å². The predicted molar refractivity (Wildman–Crippen MR) is 241 cm³/mol. The normalized spacial score (nSPS) is 14.5. The first-order chi connectivity index (χ1) is 28.9. The summed E-state index contributed by atoms with van der Waals surface area (Å²) in [6, 6.07) is 25.4. The zero-order chi connectivity index (χ0) is 44.2. The number of nitrogens with zero attached hydrogens (tertiary/aromatic N) is 1. The van der Waals surface area contributed by atoms with Gasteiger partial charge in [0, 0.05) is 65.2 Å². The van der Waals surface area contributed by atoms with Gasteiger partial charge < -0.3 is 20.9 Å². The van der Waals surface area contributed by atoms with Crippen LogP contribution < -0.4 is 20.7 Å². The van der Waals surface area contributed by atoms with E-state index in [2.05, 4.69) is 28.1 Å². The zero-order valence-electron chi connectivity index (χ0n) is 34.4. The van der Waals surface area contributed by atoms with Gasteiger partial charge in [-0.2, -0.15) is 13.2 Å². The number of nitrogens with one attached hydrogen (secondary N) is 4. The molecule has 5 rings (SSSR count). The van der Waals surface area contributed by atoms with Crippen molar-refractivity contribution in [1.82, 2.24) is 14.9 Å². The van der Waals surface area contributed by atoms with Crippen molar-refractivity contribution in [3.63, 3.8) is 0 Å². The minimum Gasteiger partial charge on any atom is -0.384 e. The van der Waals surface area contributed by atoms with Gasteiger partial charge >= 0.3 is 5.51 Å². The maximum atomic E-state index is 14.1. The molecule has 4 N–H and O–H groups in total. The molecule has 0 unspecified atom stereocenters. The molecule has 0 aromatic heterocycles. The monoisotopic (exact) mass is 919 g/mol. The smallest absolute Gasteiger partial charge is 0.384 e. The number of benzene rings is 4. The molecule has 4 aromatic rings. The quantitative estimate of drug-likeness (QED) is 0.0502. The van der Waals surface area contributed by atoms with Crippen LogP contribution in [0.2, 0.25) is 5.02 Å². The molecular weight excluding hydrogens is 867 g/mol. The Balaban J connectivity index is 1.24. The van der Waals surface area contributed by atoms with E-state index >= 15 is 0 Å². The average Bonchev–Trinajstić information content (AvgIpc) is 3.47. The van der Waals surface area contributed by atoms with E-state index < -0.39 is 52.8 Å². The number of hydrogen-bond acceptors (Lipinski definition) is 10. The highest BCUT2D eigenvalue weighted by Gasteiger charge is 2.48. The van der Waals surface area contributed by atoms with Gasteiger partial charge in [-0.05, 0) is 131 Å². The summed E-state index contributed by atoms with van der Waals surface area (Å²) in [5.74, 6) is -0.676. The number of sulfone groups is 1. The lowest BCUT2D eigenvalue weighted by molar-refractivity contribution is -0.0435. The number of allylic oxidation sites excluding steroid dienone is 1. The molecule has 0 spiro atoms. The van der Waals surface area contributed by atoms with Crippen molar-refractivity contribution in [1.29, 1.82) is 0 Å². The number of rotatable bonds is 20. The van der Waals surface area contributed by atoms with Crippen molar-refractivity contribution < 1.29 is 34.8 Å².